The number of anilines is 1. The molecule has 2 aromatic rings. The van der Waals surface area contributed by atoms with Crippen LogP contribution in [0.1, 0.15) is 28.8 Å². The molecule has 0 radical (unpaired) electrons. The highest BCUT2D eigenvalue weighted by Gasteiger charge is 2.22. The lowest BCUT2D eigenvalue weighted by Gasteiger charge is -2.20. The number of nitrogens with zero attached hydrogens (tertiary/aromatic N) is 2. The molecule has 6 nitrogen and oxygen atoms in total. The Morgan fingerprint density at radius 3 is 2.59 bits per heavy atom. The summed E-state index contributed by atoms with van der Waals surface area (Å²) in [6, 6.07) is 14.7. The van der Waals surface area contributed by atoms with Crippen molar-refractivity contribution in [1.82, 2.24) is 5.32 Å². The zero-order valence-electron chi connectivity index (χ0n) is 15.1. The lowest BCUT2D eigenvalue weighted by Crippen LogP contribution is -2.29. The van der Waals surface area contributed by atoms with Crippen LogP contribution in [-0.4, -0.2) is 36.2 Å². The number of nitrogens with one attached hydrogen (secondary N) is 1. The van der Waals surface area contributed by atoms with E-state index in [0.717, 1.165) is 43.1 Å². The van der Waals surface area contributed by atoms with Gasteiger partial charge in [0.25, 0.3) is 11.6 Å². The molecule has 7 heteroatoms. The van der Waals surface area contributed by atoms with Gasteiger partial charge in [-0.3, -0.25) is 14.9 Å². The first-order valence-electron chi connectivity index (χ1n) is 9.08. The van der Waals surface area contributed by atoms with E-state index >= 15 is 0 Å². The van der Waals surface area contributed by atoms with Gasteiger partial charge in [0.15, 0.2) is 0 Å². The zero-order valence-corrected chi connectivity index (χ0v) is 15.9. The molecule has 3 rings (SSSR count). The lowest BCUT2D eigenvalue weighted by molar-refractivity contribution is -0.384. The fourth-order valence-electron chi connectivity index (χ4n) is 3.15. The van der Waals surface area contributed by atoms with Crippen molar-refractivity contribution in [2.45, 2.75) is 18.6 Å². The first-order valence-corrected chi connectivity index (χ1v) is 10.2. The predicted molar refractivity (Wildman–Crippen MR) is 109 cm³/mol. The van der Waals surface area contributed by atoms with Crippen LogP contribution < -0.4 is 10.2 Å². The van der Waals surface area contributed by atoms with Gasteiger partial charge >= 0.3 is 0 Å². The molecule has 1 N–H and O–H groups in total. The molecule has 0 unspecified atom stereocenters. The minimum atomic E-state index is -0.458. The molecule has 0 aliphatic carbocycles. The van der Waals surface area contributed by atoms with Crippen LogP contribution in [-0.2, 0) is 5.75 Å². The van der Waals surface area contributed by atoms with Crippen molar-refractivity contribution in [2.24, 2.45) is 0 Å². The van der Waals surface area contributed by atoms with E-state index in [2.05, 4.69) is 22.3 Å². The summed E-state index contributed by atoms with van der Waals surface area (Å²) in [5.74, 6) is 1.43. The van der Waals surface area contributed by atoms with Gasteiger partial charge in [-0.15, -0.1) is 0 Å². The second kappa shape index (κ2) is 9.41. The normalized spacial score (nSPS) is 13.6. The van der Waals surface area contributed by atoms with Gasteiger partial charge in [-0.1, -0.05) is 30.3 Å². The van der Waals surface area contributed by atoms with Gasteiger partial charge < -0.3 is 10.2 Å². The molecule has 2 aromatic carbocycles. The lowest BCUT2D eigenvalue weighted by atomic mass is 10.1. The summed E-state index contributed by atoms with van der Waals surface area (Å²) in [6.07, 6.45) is 2.16. The van der Waals surface area contributed by atoms with Crippen LogP contribution in [0, 0.1) is 10.1 Å². The maximum atomic E-state index is 12.7. The van der Waals surface area contributed by atoms with Crippen LogP contribution in [0.5, 0.6) is 0 Å². The molecule has 1 heterocycles. The van der Waals surface area contributed by atoms with E-state index in [-0.39, 0.29) is 11.6 Å². The van der Waals surface area contributed by atoms with Crippen LogP contribution in [0.3, 0.4) is 0 Å². The second-order valence-electron chi connectivity index (χ2n) is 6.45. The molecule has 1 fully saturated rings. The molecule has 142 valence electrons. The summed E-state index contributed by atoms with van der Waals surface area (Å²) in [7, 11) is 0. The highest BCUT2D eigenvalue weighted by Crippen LogP contribution is 2.28. The molecule has 0 aromatic heterocycles. The molecule has 27 heavy (non-hydrogen) atoms. The third-order valence-corrected chi connectivity index (χ3v) is 5.56. The van der Waals surface area contributed by atoms with Gasteiger partial charge in [-0.2, -0.15) is 11.8 Å². The number of hydrogen-bond acceptors (Lipinski definition) is 5. The number of non-ortho nitro benzene ring substituents is 1. The van der Waals surface area contributed by atoms with Crippen molar-refractivity contribution in [3.63, 3.8) is 0 Å². The number of carbonyl (C=O) groups is 1. The molecule has 1 aliphatic rings. The first kappa shape index (κ1) is 19.2. The molecular weight excluding hydrogens is 362 g/mol. The Balaban J connectivity index is 1.59. The summed E-state index contributed by atoms with van der Waals surface area (Å²) in [5, 5.41) is 14.0. The molecule has 0 atom stereocenters. The summed E-state index contributed by atoms with van der Waals surface area (Å²) < 4.78 is 0. The van der Waals surface area contributed by atoms with Crippen molar-refractivity contribution in [3.8, 4) is 0 Å². The smallest absolute Gasteiger partial charge is 0.270 e. The number of carbonyl (C=O) groups excluding carboxylic acids is 1. The Bertz CT molecular complexity index is 792. The van der Waals surface area contributed by atoms with Gasteiger partial charge in [0, 0.05) is 43.3 Å². The van der Waals surface area contributed by atoms with Gasteiger partial charge in [-0.25, -0.2) is 0 Å². The zero-order chi connectivity index (χ0) is 19.1. The maximum Gasteiger partial charge on any atom is 0.270 e. The van der Waals surface area contributed by atoms with Crippen molar-refractivity contribution >= 4 is 29.0 Å². The van der Waals surface area contributed by atoms with Crippen LogP contribution in [0.25, 0.3) is 0 Å². The van der Waals surface area contributed by atoms with E-state index in [4.69, 9.17) is 0 Å². The third kappa shape index (κ3) is 5.23. The van der Waals surface area contributed by atoms with Gasteiger partial charge in [0.2, 0.25) is 0 Å². The molecule has 1 saturated heterocycles. The number of nitro benzene ring substituents is 1. The van der Waals surface area contributed by atoms with Crippen molar-refractivity contribution in [1.29, 1.82) is 0 Å². The van der Waals surface area contributed by atoms with Gasteiger partial charge in [0.05, 0.1) is 16.2 Å². The number of thioether (sulfide) groups is 1. The summed E-state index contributed by atoms with van der Waals surface area (Å²) in [4.78, 5) is 25.4. The minimum absolute atomic E-state index is 0.0541. The Hall–Kier alpha value is -2.54. The van der Waals surface area contributed by atoms with Crippen molar-refractivity contribution in [3.05, 3.63) is 69.8 Å². The average Bonchev–Trinajstić information content (AvgIpc) is 3.22. The van der Waals surface area contributed by atoms with Crippen LogP contribution >= 0.6 is 11.8 Å². The molecule has 1 aliphatic heterocycles. The fraction of sp³-hybridized carbons (Fsp3) is 0.350. The number of hydrogen-bond donors (Lipinski definition) is 1. The first-order chi connectivity index (χ1) is 13.1. The van der Waals surface area contributed by atoms with Crippen LogP contribution in [0.2, 0.25) is 0 Å². The topological polar surface area (TPSA) is 75.5 Å². The number of amides is 1. The summed E-state index contributed by atoms with van der Waals surface area (Å²) in [5.41, 5.74) is 2.37. The standard InChI is InChI=1S/C20H23N3O3S/c24-20(21-10-13-27-15-16-6-2-1-3-7-16)18-14-17(23(25)26)8-9-19(18)22-11-4-5-12-22/h1-3,6-9,14H,4-5,10-13,15H2,(H,21,24). The van der Waals surface area contributed by atoms with E-state index in [0.29, 0.717) is 12.1 Å². The highest BCUT2D eigenvalue weighted by molar-refractivity contribution is 7.98. The predicted octanol–water partition coefficient (Wildman–Crippen LogP) is 3.86. The number of benzene rings is 2. The Kier molecular flexibility index (Phi) is 6.70. The molecule has 0 saturated carbocycles. The number of rotatable bonds is 8. The van der Waals surface area contributed by atoms with E-state index in [1.54, 1.807) is 17.8 Å². The second-order valence-corrected chi connectivity index (χ2v) is 7.55. The quantitative estimate of drug-likeness (QED) is 0.424. The van der Waals surface area contributed by atoms with Gasteiger partial charge in [-0.05, 0) is 24.5 Å². The SMILES string of the molecule is O=C(NCCSCc1ccccc1)c1cc([N+](=O)[O-])ccc1N1CCCC1. The van der Waals surface area contributed by atoms with Crippen molar-refractivity contribution in [2.75, 3.05) is 30.3 Å². The molecule has 0 spiro atoms. The average molecular weight is 385 g/mol. The third-order valence-electron chi connectivity index (χ3n) is 4.53. The van der Waals surface area contributed by atoms with Crippen LogP contribution in [0.15, 0.2) is 48.5 Å². The summed E-state index contributed by atoms with van der Waals surface area (Å²) >= 11 is 1.75. The Morgan fingerprint density at radius 1 is 1.15 bits per heavy atom. The molecule has 0 bridgehead atoms. The largest absolute Gasteiger partial charge is 0.371 e. The van der Waals surface area contributed by atoms with E-state index in [1.807, 2.05) is 18.2 Å². The number of nitro groups is 1. The van der Waals surface area contributed by atoms with Gasteiger partial charge in [0.1, 0.15) is 0 Å². The molecule has 1 amide bonds. The fourth-order valence-corrected chi connectivity index (χ4v) is 3.97. The minimum Gasteiger partial charge on any atom is -0.371 e. The Morgan fingerprint density at radius 2 is 1.89 bits per heavy atom. The van der Waals surface area contributed by atoms with Crippen molar-refractivity contribution < 1.29 is 9.72 Å². The highest BCUT2D eigenvalue weighted by atomic mass is 32.2. The van der Waals surface area contributed by atoms with E-state index in [9.17, 15) is 14.9 Å². The molecular formula is C20H23N3O3S. The van der Waals surface area contributed by atoms with Crippen LogP contribution in [0.4, 0.5) is 11.4 Å². The van der Waals surface area contributed by atoms with E-state index < -0.39 is 4.92 Å². The monoisotopic (exact) mass is 385 g/mol. The summed E-state index contributed by atoms with van der Waals surface area (Å²) in [6.45, 7) is 2.29. The van der Waals surface area contributed by atoms with E-state index in [1.165, 1.54) is 17.7 Å². The Labute approximate surface area is 163 Å². The maximum absolute atomic E-state index is 12.7.